The highest BCUT2D eigenvalue weighted by molar-refractivity contribution is 5.78. The Kier molecular flexibility index (Phi) is 5.66. The molecule has 0 aliphatic heterocycles. The molecule has 1 heterocycles. The fourth-order valence-electron chi connectivity index (χ4n) is 1.95. The summed E-state index contributed by atoms with van der Waals surface area (Å²) in [5.41, 5.74) is 1.95. The summed E-state index contributed by atoms with van der Waals surface area (Å²) in [6.07, 6.45) is 3.07. The summed E-state index contributed by atoms with van der Waals surface area (Å²) in [4.78, 5) is 11.1. The fraction of sp³-hybridized carbons (Fsp3) is 0.429. The van der Waals surface area contributed by atoms with E-state index in [1.54, 1.807) is 0 Å². The molecule has 0 aromatic carbocycles. The average molecular weight is 274 g/mol. The van der Waals surface area contributed by atoms with Gasteiger partial charge in [-0.25, -0.2) is 4.79 Å². The summed E-state index contributed by atoms with van der Waals surface area (Å²) in [6.45, 7) is 7.39. The molecule has 1 rings (SSSR count). The van der Waals surface area contributed by atoms with Gasteiger partial charge in [-0.2, -0.15) is 10.4 Å². The number of rotatable bonds is 7. The predicted octanol–water partition coefficient (Wildman–Crippen LogP) is 1.91. The number of hydrogen-bond acceptors (Lipinski definition) is 5. The van der Waals surface area contributed by atoms with E-state index >= 15 is 0 Å². The Bertz CT molecular complexity index is 549. The third kappa shape index (κ3) is 3.32. The molecule has 6 heteroatoms. The number of carboxylic acids is 1. The second kappa shape index (κ2) is 7.24. The van der Waals surface area contributed by atoms with Crippen molar-refractivity contribution in [3.63, 3.8) is 0 Å². The standard InChI is InChI=1S/C14H18N4O2/c1-4-7-12(14(19)20)16-13-10(8-15)9(5-2)11(6-3)17-18-13/h4,12H,1,5-7H2,2-3H3,(H,16,18)(H,19,20). The molecule has 1 aromatic heterocycles. The van der Waals surface area contributed by atoms with Gasteiger partial charge in [0.1, 0.15) is 17.7 Å². The second-order valence-corrected chi connectivity index (χ2v) is 4.23. The van der Waals surface area contributed by atoms with Crippen molar-refractivity contribution in [2.75, 3.05) is 5.32 Å². The average Bonchev–Trinajstić information content (AvgIpc) is 2.45. The van der Waals surface area contributed by atoms with Crippen LogP contribution in [0.3, 0.4) is 0 Å². The molecule has 106 valence electrons. The Morgan fingerprint density at radius 1 is 1.50 bits per heavy atom. The van der Waals surface area contributed by atoms with Crippen LogP contribution in [0.2, 0.25) is 0 Å². The van der Waals surface area contributed by atoms with E-state index in [2.05, 4.69) is 28.2 Å². The maximum Gasteiger partial charge on any atom is 0.326 e. The molecule has 6 nitrogen and oxygen atoms in total. The first-order valence-electron chi connectivity index (χ1n) is 6.47. The van der Waals surface area contributed by atoms with Gasteiger partial charge in [-0.3, -0.25) is 0 Å². The molecule has 1 aromatic rings. The molecule has 0 radical (unpaired) electrons. The van der Waals surface area contributed by atoms with Crippen LogP contribution in [0.15, 0.2) is 12.7 Å². The molecule has 0 amide bonds. The third-order valence-corrected chi connectivity index (χ3v) is 2.97. The van der Waals surface area contributed by atoms with Crippen LogP contribution in [0.5, 0.6) is 0 Å². The lowest BCUT2D eigenvalue weighted by Crippen LogP contribution is -2.30. The molecule has 0 aliphatic carbocycles. The van der Waals surface area contributed by atoms with Crippen molar-refractivity contribution in [1.82, 2.24) is 10.2 Å². The van der Waals surface area contributed by atoms with Crippen molar-refractivity contribution in [3.8, 4) is 6.07 Å². The van der Waals surface area contributed by atoms with Crippen LogP contribution in [-0.4, -0.2) is 27.3 Å². The summed E-state index contributed by atoms with van der Waals surface area (Å²) in [5.74, 6) is -0.802. The number of nitrogens with one attached hydrogen (secondary N) is 1. The molecule has 2 N–H and O–H groups in total. The van der Waals surface area contributed by atoms with Gasteiger partial charge in [0.15, 0.2) is 5.82 Å². The van der Waals surface area contributed by atoms with Gasteiger partial charge in [-0.15, -0.1) is 11.7 Å². The third-order valence-electron chi connectivity index (χ3n) is 2.97. The number of anilines is 1. The Balaban J connectivity index is 3.22. The van der Waals surface area contributed by atoms with Crippen molar-refractivity contribution in [1.29, 1.82) is 5.26 Å². The number of hydrogen-bond donors (Lipinski definition) is 2. The summed E-state index contributed by atoms with van der Waals surface area (Å²) in [5, 5.41) is 29.2. The first kappa shape index (κ1) is 15.6. The molecule has 0 saturated carbocycles. The summed E-state index contributed by atoms with van der Waals surface area (Å²) < 4.78 is 0. The Morgan fingerprint density at radius 3 is 2.65 bits per heavy atom. The highest BCUT2D eigenvalue weighted by Crippen LogP contribution is 2.21. The molecular weight excluding hydrogens is 256 g/mol. The first-order chi connectivity index (χ1) is 9.58. The van der Waals surface area contributed by atoms with E-state index in [9.17, 15) is 10.1 Å². The number of nitriles is 1. The van der Waals surface area contributed by atoms with E-state index in [4.69, 9.17) is 5.11 Å². The molecular formula is C14H18N4O2. The van der Waals surface area contributed by atoms with Gasteiger partial charge in [-0.05, 0) is 24.8 Å². The van der Waals surface area contributed by atoms with Crippen molar-refractivity contribution >= 4 is 11.8 Å². The van der Waals surface area contributed by atoms with Gasteiger partial charge in [-0.1, -0.05) is 19.9 Å². The smallest absolute Gasteiger partial charge is 0.326 e. The summed E-state index contributed by atoms with van der Waals surface area (Å²) in [7, 11) is 0. The van der Waals surface area contributed by atoms with Crippen LogP contribution < -0.4 is 5.32 Å². The molecule has 1 atom stereocenters. The molecule has 0 saturated heterocycles. The van der Waals surface area contributed by atoms with Crippen LogP contribution in [0.1, 0.15) is 37.1 Å². The lowest BCUT2D eigenvalue weighted by Gasteiger charge is -2.16. The molecule has 0 bridgehead atoms. The molecule has 20 heavy (non-hydrogen) atoms. The minimum atomic E-state index is -1.02. The largest absolute Gasteiger partial charge is 0.480 e. The highest BCUT2D eigenvalue weighted by atomic mass is 16.4. The molecule has 0 spiro atoms. The zero-order chi connectivity index (χ0) is 15.1. The van der Waals surface area contributed by atoms with Gasteiger partial charge in [0.25, 0.3) is 0 Å². The number of carbonyl (C=O) groups is 1. The van der Waals surface area contributed by atoms with E-state index in [1.165, 1.54) is 6.08 Å². The van der Waals surface area contributed by atoms with Crippen LogP contribution >= 0.6 is 0 Å². The van der Waals surface area contributed by atoms with Crippen LogP contribution in [0, 0.1) is 11.3 Å². The quantitative estimate of drug-likeness (QED) is 0.737. The topological polar surface area (TPSA) is 98.9 Å². The molecule has 1 unspecified atom stereocenters. The van der Waals surface area contributed by atoms with Gasteiger partial charge in [0.05, 0.1) is 5.69 Å². The number of aryl methyl sites for hydroxylation is 1. The van der Waals surface area contributed by atoms with Crippen LogP contribution in [0.25, 0.3) is 0 Å². The van der Waals surface area contributed by atoms with E-state index in [0.717, 1.165) is 11.3 Å². The SMILES string of the molecule is C=CCC(Nc1nnc(CC)c(CC)c1C#N)C(=O)O. The lowest BCUT2D eigenvalue weighted by molar-refractivity contribution is -0.137. The second-order valence-electron chi connectivity index (χ2n) is 4.23. The minimum absolute atomic E-state index is 0.218. The predicted molar refractivity (Wildman–Crippen MR) is 75.4 cm³/mol. The van der Waals surface area contributed by atoms with Gasteiger partial charge in [0.2, 0.25) is 0 Å². The van der Waals surface area contributed by atoms with E-state index < -0.39 is 12.0 Å². The number of aliphatic carboxylic acids is 1. The van der Waals surface area contributed by atoms with E-state index in [1.807, 2.05) is 13.8 Å². The Labute approximate surface area is 118 Å². The monoisotopic (exact) mass is 274 g/mol. The zero-order valence-corrected chi connectivity index (χ0v) is 11.7. The fourth-order valence-corrected chi connectivity index (χ4v) is 1.95. The van der Waals surface area contributed by atoms with Crippen molar-refractivity contribution in [2.45, 2.75) is 39.2 Å². The Morgan fingerprint density at radius 2 is 2.20 bits per heavy atom. The van der Waals surface area contributed by atoms with Crippen LogP contribution in [-0.2, 0) is 17.6 Å². The number of aromatic nitrogens is 2. The van der Waals surface area contributed by atoms with Gasteiger partial charge < -0.3 is 10.4 Å². The summed E-state index contributed by atoms with van der Waals surface area (Å²) >= 11 is 0. The minimum Gasteiger partial charge on any atom is -0.480 e. The normalized spacial score (nSPS) is 11.4. The van der Waals surface area contributed by atoms with Crippen molar-refractivity contribution < 1.29 is 9.90 Å². The first-order valence-corrected chi connectivity index (χ1v) is 6.47. The van der Waals surface area contributed by atoms with Gasteiger partial charge in [0, 0.05) is 0 Å². The molecule has 0 fully saturated rings. The lowest BCUT2D eigenvalue weighted by atomic mass is 10.0. The van der Waals surface area contributed by atoms with E-state index in [0.29, 0.717) is 18.4 Å². The maximum absolute atomic E-state index is 11.1. The highest BCUT2D eigenvalue weighted by Gasteiger charge is 2.20. The van der Waals surface area contributed by atoms with Crippen LogP contribution in [0.4, 0.5) is 5.82 Å². The van der Waals surface area contributed by atoms with E-state index in [-0.39, 0.29) is 12.2 Å². The number of nitrogens with zero attached hydrogens (tertiary/aromatic N) is 3. The van der Waals surface area contributed by atoms with Crippen molar-refractivity contribution in [3.05, 3.63) is 29.5 Å². The van der Waals surface area contributed by atoms with Gasteiger partial charge >= 0.3 is 5.97 Å². The Hall–Kier alpha value is -2.42. The number of carboxylic acid groups (broad SMARTS) is 1. The summed E-state index contributed by atoms with van der Waals surface area (Å²) in [6, 6.07) is 1.22. The zero-order valence-electron chi connectivity index (χ0n) is 11.7. The molecule has 0 aliphatic rings. The maximum atomic E-state index is 11.1. The van der Waals surface area contributed by atoms with Crippen molar-refractivity contribution in [2.24, 2.45) is 0 Å².